The number of ether oxygens (including phenoxy) is 1. The third kappa shape index (κ3) is 3.84. The van der Waals surface area contributed by atoms with Crippen LogP contribution >= 0.6 is 11.6 Å². The SMILES string of the molecule is C=C(C(=O)OC(C)CC)C(F)c1ccc(Cl)cc1. The van der Waals surface area contributed by atoms with E-state index in [1.165, 1.54) is 12.1 Å². The van der Waals surface area contributed by atoms with Gasteiger partial charge in [0.05, 0.1) is 11.7 Å². The molecule has 0 aliphatic carbocycles. The van der Waals surface area contributed by atoms with Crippen LogP contribution in [-0.2, 0) is 9.53 Å². The third-order valence-corrected chi connectivity index (χ3v) is 2.87. The van der Waals surface area contributed by atoms with Gasteiger partial charge in [0.25, 0.3) is 0 Å². The van der Waals surface area contributed by atoms with Gasteiger partial charge in [0.2, 0.25) is 0 Å². The van der Waals surface area contributed by atoms with Crippen LogP contribution in [-0.4, -0.2) is 12.1 Å². The molecule has 0 radical (unpaired) electrons. The molecule has 0 aliphatic heterocycles. The zero-order valence-corrected chi connectivity index (χ0v) is 11.2. The summed E-state index contributed by atoms with van der Waals surface area (Å²) < 4.78 is 19.0. The summed E-state index contributed by atoms with van der Waals surface area (Å²) in [7, 11) is 0. The first-order chi connectivity index (χ1) is 8.45. The number of carbonyl (C=O) groups is 1. The summed E-state index contributed by atoms with van der Waals surface area (Å²) in [6.07, 6.45) is -1.14. The fourth-order valence-corrected chi connectivity index (χ4v) is 1.40. The number of esters is 1. The molecule has 0 aliphatic rings. The normalized spacial score (nSPS) is 13.8. The molecule has 2 nitrogen and oxygen atoms in total. The molecule has 0 bridgehead atoms. The average molecular weight is 271 g/mol. The summed E-state index contributed by atoms with van der Waals surface area (Å²) >= 11 is 5.71. The highest BCUT2D eigenvalue weighted by Crippen LogP contribution is 2.27. The molecule has 0 N–H and O–H groups in total. The van der Waals surface area contributed by atoms with Crippen molar-refractivity contribution in [3.8, 4) is 0 Å². The zero-order valence-electron chi connectivity index (χ0n) is 10.5. The lowest BCUT2D eigenvalue weighted by Gasteiger charge is -2.15. The Morgan fingerprint density at radius 1 is 1.44 bits per heavy atom. The van der Waals surface area contributed by atoms with Crippen LogP contribution in [0.3, 0.4) is 0 Å². The summed E-state index contributed by atoms with van der Waals surface area (Å²) in [5.41, 5.74) is 0.142. The number of carbonyl (C=O) groups excluding carboxylic acids is 1. The smallest absolute Gasteiger partial charge is 0.336 e. The van der Waals surface area contributed by atoms with Gasteiger partial charge < -0.3 is 4.74 Å². The first-order valence-electron chi connectivity index (χ1n) is 5.75. The number of alkyl halides is 1. The molecule has 0 heterocycles. The summed E-state index contributed by atoms with van der Waals surface area (Å²) in [6.45, 7) is 7.09. The Kier molecular flexibility index (Phi) is 5.35. The van der Waals surface area contributed by atoms with Crippen molar-refractivity contribution < 1.29 is 13.9 Å². The van der Waals surface area contributed by atoms with Crippen molar-refractivity contribution in [2.75, 3.05) is 0 Å². The predicted octanol–water partition coefficient (Wildman–Crippen LogP) is 4.25. The molecule has 4 heteroatoms. The van der Waals surface area contributed by atoms with E-state index in [-0.39, 0.29) is 11.7 Å². The van der Waals surface area contributed by atoms with Crippen LogP contribution in [0.1, 0.15) is 32.0 Å². The molecule has 0 spiro atoms. The lowest BCUT2D eigenvalue weighted by molar-refractivity contribution is -0.144. The standard InChI is InChI=1S/C14H16ClFO2/c1-4-9(2)18-14(17)10(3)13(16)11-5-7-12(15)8-6-11/h5-9,13H,3-4H2,1-2H3. The van der Waals surface area contributed by atoms with Crippen molar-refractivity contribution in [3.63, 3.8) is 0 Å². The molecule has 0 saturated heterocycles. The minimum Gasteiger partial charge on any atom is -0.459 e. The van der Waals surface area contributed by atoms with E-state index in [0.29, 0.717) is 17.0 Å². The first kappa shape index (κ1) is 14.7. The number of hydrogen-bond donors (Lipinski definition) is 0. The minimum absolute atomic E-state index is 0.197. The fourth-order valence-electron chi connectivity index (χ4n) is 1.28. The van der Waals surface area contributed by atoms with Crippen LogP contribution in [0.4, 0.5) is 4.39 Å². The van der Waals surface area contributed by atoms with Crippen LogP contribution in [0, 0.1) is 0 Å². The molecule has 1 rings (SSSR count). The molecule has 98 valence electrons. The summed E-state index contributed by atoms with van der Waals surface area (Å²) in [6, 6.07) is 6.18. The van der Waals surface area contributed by atoms with Crippen LogP contribution in [0.2, 0.25) is 5.02 Å². The van der Waals surface area contributed by atoms with Gasteiger partial charge in [-0.25, -0.2) is 9.18 Å². The predicted molar refractivity (Wildman–Crippen MR) is 70.3 cm³/mol. The monoisotopic (exact) mass is 270 g/mol. The van der Waals surface area contributed by atoms with Crippen LogP contribution in [0.15, 0.2) is 36.4 Å². The molecule has 0 aromatic heterocycles. The average Bonchev–Trinajstić information content (AvgIpc) is 2.37. The van der Waals surface area contributed by atoms with Crippen molar-refractivity contribution >= 4 is 17.6 Å². The van der Waals surface area contributed by atoms with Gasteiger partial charge in [0.1, 0.15) is 0 Å². The summed E-state index contributed by atoms with van der Waals surface area (Å²) in [5.74, 6) is -0.702. The van der Waals surface area contributed by atoms with E-state index in [9.17, 15) is 9.18 Å². The van der Waals surface area contributed by atoms with E-state index in [0.717, 1.165) is 0 Å². The maximum atomic E-state index is 14.0. The van der Waals surface area contributed by atoms with Gasteiger partial charge in [-0.1, -0.05) is 37.2 Å². The highest BCUT2D eigenvalue weighted by atomic mass is 35.5. The lowest BCUT2D eigenvalue weighted by atomic mass is 10.0. The molecule has 2 atom stereocenters. The lowest BCUT2D eigenvalue weighted by Crippen LogP contribution is -2.17. The van der Waals surface area contributed by atoms with E-state index in [4.69, 9.17) is 16.3 Å². The van der Waals surface area contributed by atoms with Gasteiger partial charge in [-0.3, -0.25) is 0 Å². The van der Waals surface area contributed by atoms with Crippen molar-refractivity contribution in [1.29, 1.82) is 0 Å². The Morgan fingerprint density at radius 2 is 2.00 bits per heavy atom. The molecule has 2 unspecified atom stereocenters. The van der Waals surface area contributed by atoms with Crippen molar-refractivity contribution in [1.82, 2.24) is 0 Å². The van der Waals surface area contributed by atoms with Crippen LogP contribution in [0.5, 0.6) is 0 Å². The fraction of sp³-hybridized carbons (Fsp3) is 0.357. The Labute approximate surface area is 111 Å². The van der Waals surface area contributed by atoms with Crippen molar-refractivity contribution in [3.05, 3.63) is 47.0 Å². The molecule has 18 heavy (non-hydrogen) atoms. The largest absolute Gasteiger partial charge is 0.459 e. The second kappa shape index (κ2) is 6.55. The second-order valence-electron chi connectivity index (χ2n) is 4.06. The topological polar surface area (TPSA) is 26.3 Å². The number of benzene rings is 1. The molecular formula is C14H16ClFO2. The number of rotatable bonds is 5. The molecule has 1 aromatic carbocycles. The van der Waals surface area contributed by atoms with Gasteiger partial charge in [-0.15, -0.1) is 0 Å². The van der Waals surface area contributed by atoms with Gasteiger partial charge >= 0.3 is 5.97 Å². The quantitative estimate of drug-likeness (QED) is 0.591. The maximum absolute atomic E-state index is 14.0. The van der Waals surface area contributed by atoms with Crippen molar-refractivity contribution in [2.45, 2.75) is 32.5 Å². The molecule has 0 saturated carbocycles. The van der Waals surface area contributed by atoms with Gasteiger partial charge in [-0.2, -0.15) is 0 Å². The van der Waals surface area contributed by atoms with E-state index < -0.39 is 12.1 Å². The Hall–Kier alpha value is -1.35. The van der Waals surface area contributed by atoms with Gasteiger partial charge in [-0.05, 0) is 31.0 Å². The molecule has 0 fully saturated rings. The number of hydrogen-bond acceptors (Lipinski definition) is 2. The zero-order chi connectivity index (χ0) is 13.7. The highest BCUT2D eigenvalue weighted by Gasteiger charge is 2.22. The van der Waals surface area contributed by atoms with E-state index in [1.54, 1.807) is 19.1 Å². The third-order valence-electron chi connectivity index (χ3n) is 2.61. The van der Waals surface area contributed by atoms with E-state index in [1.807, 2.05) is 6.92 Å². The molecule has 1 aromatic rings. The number of halogens is 2. The first-order valence-corrected chi connectivity index (χ1v) is 6.12. The van der Waals surface area contributed by atoms with Crippen LogP contribution in [0.25, 0.3) is 0 Å². The highest BCUT2D eigenvalue weighted by molar-refractivity contribution is 6.30. The van der Waals surface area contributed by atoms with Gasteiger partial charge in [0, 0.05) is 5.02 Å². The summed E-state index contributed by atoms with van der Waals surface area (Å²) in [5, 5.41) is 0.513. The van der Waals surface area contributed by atoms with Crippen LogP contribution < -0.4 is 0 Å². The van der Waals surface area contributed by atoms with E-state index >= 15 is 0 Å². The Bertz CT molecular complexity index is 428. The Morgan fingerprint density at radius 3 is 2.50 bits per heavy atom. The second-order valence-corrected chi connectivity index (χ2v) is 4.50. The Balaban J connectivity index is 2.71. The summed E-state index contributed by atoms with van der Waals surface area (Å²) in [4.78, 5) is 11.6. The maximum Gasteiger partial charge on any atom is 0.336 e. The van der Waals surface area contributed by atoms with Crippen molar-refractivity contribution in [2.24, 2.45) is 0 Å². The van der Waals surface area contributed by atoms with Gasteiger partial charge in [0.15, 0.2) is 6.17 Å². The molecule has 0 amide bonds. The molecular weight excluding hydrogens is 255 g/mol. The minimum atomic E-state index is -1.57. The van der Waals surface area contributed by atoms with E-state index in [2.05, 4.69) is 6.58 Å².